The summed E-state index contributed by atoms with van der Waals surface area (Å²) in [5.74, 6) is -4.38. The Hall–Kier alpha value is -1.83. The van der Waals surface area contributed by atoms with Crippen LogP contribution in [0, 0.1) is 5.92 Å². The number of amides is 1. The normalized spacial score (nSPS) is 30.6. The maximum Gasteiger partial charge on any atom is 0.326 e. The number of nitrogens with one attached hydrogen (secondary N) is 2. The van der Waals surface area contributed by atoms with E-state index in [-0.39, 0.29) is 0 Å². The first-order valence-corrected chi connectivity index (χ1v) is 8.26. The molecule has 6 atom stereocenters. The average Bonchev–Trinajstić information content (AvgIpc) is 2.58. The lowest BCUT2D eigenvalue weighted by molar-refractivity contribution is -0.261. The van der Waals surface area contributed by atoms with E-state index in [9.17, 15) is 34.8 Å². The summed E-state index contributed by atoms with van der Waals surface area (Å²) >= 11 is 0. The van der Waals surface area contributed by atoms with E-state index in [1.54, 1.807) is 13.8 Å². The van der Waals surface area contributed by atoms with E-state index >= 15 is 0 Å². The fraction of sp³-hybridized carbons (Fsp3) is 0.800. The molecule has 0 saturated carbocycles. The van der Waals surface area contributed by atoms with Crippen LogP contribution in [0.1, 0.15) is 20.3 Å². The molecule has 27 heavy (non-hydrogen) atoms. The molecule has 1 aliphatic heterocycles. The molecule has 1 amide bonds. The van der Waals surface area contributed by atoms with Gasteiger partial charge < -0.3 is 40.7 Å². The van der Waals surface area contributed by atoms with Crippen molar-refractivity contribution in [3.8, 4) is 0 Å². The maximum absolute atomic E-state index is 12.5. The molecule has 156 valence electrons. The summed E-state index contributed by atoms with van der Waals surface area (Å²) in [5.41, 5.74) is -1.99. The van der Waals surface area contributed by atoms with Gasteiger partial charge in [-0.1, -0.05) is 13.8 Å². The van der Waals surface area contributed by atoms with Gasteiger partial charge in [-0.05, 0) is 5.92 Å². The number of carbonyl (C=O) groups excluding carboxylic acids is 1. The van der Waals surface area contributed by atoms with Gasteiger partial charge in [0.1, 0.15) is 24.4 Å². The number of carbonyl (C=O) groups is 3. The van der Waals surface area contributed by atoms with Crippen molar-refractivity contribution in [1.82, 2.24) is 10.6 Å². The van der Waals surface area contributed by atoms with E-state index in [1.165, 1.54) is 0 Å². The summed E-state index contributed by atoms with van der Waals surface area (Å²) in [6.45, 7) is 1.85. The molecule has 0 bridgehead atoms. The van der Waals surface area contributed by atoms with Crippen molar-refractivity contribution < 1.29 is 49.8 Å². The lowest BCUT2D eigenvalue weighted by atomic mass is 9.92. The summed E-state index contributed by atoms with van der Waals surface area (Å²) in [6, 6.07) is -2.90. The van der Waals surface area contributed by atoms with Crippen LogP contribution in [-0.4, -0.2) is 97.8 Å². The summed E-state index contributed by atoms with van der Waals surface area (Å²) in [4.78, 5) is 34.4. The zero-order valence-corrected chi connectivity index (χ0v) is 14.9. The Labute approximate surface area is 154 Å². The monoisotopic (exact) mass is 394 g/mol. The van der Waals surface area contributed by atoms with Crippen molar-refractivity contribution in [2.45, 2.75) is 56.4 Å². The summed E-state index contributed by atoms with van der Waals surface area (Å²) in [5, 5.41) is 61.7. The van der Waals surface area contributed by atoms with Gasteiger partial charge in [-0.2, -0.15) is 0 Å². The first kappa shape index (κ1) is 23.2. The van der Waals surface area contributed by atoms with Crippen LogP contribution in [0.25, 0.3) is 0 Å². The Morgan fingerprint density at radius 1 is 1.19 bits per heavy atom. The Kier molecular flexibility index (Phi) is 8.07. The van der Waals surface area contributed by atoms with E-state index in [0.29, 0.717) is 0 Å². The first-order chi connectivity index (χ1) is 12.4. The Morgan fingerprint density at radius 2 is 1.78 bits per heavy atom. The predicted molar refractivity (Wildman–Crippen MR) is 87.4 cm³/mol. The molecule has 1 saturated heterocycles. The van der Waals surface area contributed by atoms with Crippen LogP contribution in [-0.2, 0) is 19.1 Å². The van der Waals surface area contributed by atoms with Gasteiger partial charge in [0.15, 0.2) is 5.72 Å². The Bertz CT molecular complexity index is 557. The SMILES string of the molecule is CC(C)[C@H](N[C@]1(CO)OC[C@@H](O)[C@@H](O)[C@@H]1O)C(=O)N[C@@H](CC(=O)O)C(=O)O. The van der Waals surface area contributed by atoms with Crippen LogP contribution < -0.4 is 10.6 Å². The number of carboxylic acids is 2. The highest BCUT2D eigenvalue weighted by molar-refractivity contribution is 5.89. The van der Waals surface area contributed by atoms with Crippen molar-refractivity contribution in [3.05, 3.63) is 0 Å². The summed E-state index contributed by atoms with van der Waals surface area (Å²) < 4.78 is 5.25. The third-order valence-corrected chi connectivity index (χ3v) is 4.28. The predicted octanol–water partition coefficient (Wildman–Crippen LogP) is -3.55. The van der Waals surface area contributed by atoms with Gasteiger partial charge >= 0.3 is 11.9 Å². The van der Waals surface area contributed by atoms with Crippen molar-refractivity contribution in [3.63, 3.8) is 0 Å². The molecule has 0 aromatic carbocycles. The summed E-state index contributed by atoms with van der Waals surface area (Å²) in [7, 11) is 0. The quantitative estimate of drug-likeness (QED) is 0.192. The molecular formula is C15H26N2O10. The van der Waals surface area contributed by atoms with E-state index in [0.717, 1.165) is 0 Å². The van der Waals surface area contributed by atoms with Crippen molar-refractivity contribution in [2.24, 2.45) is 5.92 Å². The lowest BCUT2D eigenvalue weighted by Crippen LogP contribution is -2.72. The number of aliphatic hydroxyl groups excluding tert-OH is 4. The van der Waals surface area contributed by atoms with Gasteiger partial charge in [-0.3, -0.25) is 14.9 Å². The minimum Gasteiger partial charge on any atom is -0.481 e. The van der Waals surface area contributed by atoms with Gasteiger partial charge in [-0.15, -0.1) is 0 Å². The van der Waals surface area contributed by atoms with Gasteiger partial charge in [0.25, 0.3) is 0 Å². The highest BCUT2D eigenvalue weighted by atomic mass is 16.6. The summed E-state index contributed by atoms with van der Waals surface area (Å²) in [6.07, 6.45) is -5.71. The second-order valence-electron chi connectivity index (χ2n) is 6.72. The van der Waals surface area contributed by atoms with Crippen LogP contribution in [0.15, 0.2) is 0 Å². The maximum atomic E-state index is 12.5. The number of carboxylic acid groups (broad SMARTS) is 2. The molecule has 1 heterocycles. The highest BCUT2D eigenvalue weighted by Gasteiger charge is 2.51. The van der Waals surface area contributed by atoms with E-state index in [1.807, 2.05) is 0 Å². The molecule has 12 heteroatoms. The molecule has 0 aliphatic carbocycles. The van der Waals surface area contributed by atoms with Crippen LogP contribution in [0.3, 0.4) is 0 Å². The van der Waals surface area contributed by atoms with Crippen LogP contribution in [0.2, 0.25) is 0 Å². The molecule has 0 unspecified atom stereocenters. The molecule has 1 fully saturated rings. The zero-order valence-electron chi connectivity index (χ0n) is 14.9. The number of ether oxygens (including phenoxy) is 1. The highest BCUT2D eigenvalue weighted by Crippen LogP contribution is 2.25. The zero-order chi connectivity index (χ0) is 20.9. The fourth-order valence-electron chi connectivity index (χ4n) is 2.65. The molecular weight excluding hydrogens is 368 g/mol. The van der Waals surface area contributed by atoms with Crippen LogP contribution in [0.5, 0.6) is 0 Å². The molecule has 0 spiro atoms. The van der Waals surface area contributed by atoms with Gasteiger partial charge in [0.2, 0.25) is 5.91 Å². The van der Waals surface area contributed by atoms with Crippen molar-refractivity contribution >= 4 is 17.8 Å². The first-order valence-electron chi connectivity index (χ1n) is 8.26. The topological polar surface area (TPSA) is 206 Å². The third-order valence-electron chi connectivity index (χ3n) is 4.28. The molecule has 0 aromatic rings. The minimum absolute atomic E-state index is 0.436. The number of aliphatic carboxylic acids is 2. The minimum atomic E-state index is -1.99. The van der Waals surface area contributed by atoms with Gasteiger partial charge in [0.05, 0.1) is 25.7 Å². The van der Waals surface area contributed by atoms with Crippen LogP contribution in [0.4, 0.5) is 0 Å². The molecule has 0 aromatic heterocycles. The largest absolute Gasteiger partial charge is 0.481 e. The van der Waals surface area contributed by atoms with E-state index in [4.69, 9.17) is 14.9 Å². The second-order valence-corrected chi connectivity index (χ2v) is 6.72. The molecule has 1 aliphatic rings. The number of aliphatic hydroxyl groups is 4. The Balaban J connectivity index is 3.01. The van der Waals surface area contributed by atoms with Gasteiger partial charge in [-0.25, -0.2) is 4.79 Å². The van der Waals surface area contributed by atoms with Crippen LogP contribution >= 0.6 is 0 Å². The molecule has 1 rings (SSSR count). The molecule has 8 N–H and O–H groups in total. The number of hydrogen-bond acceptors (Lipinski definition) is 9. The average molecular weight is 394 g/mol. The number of rotatable bonds is 9. The second kappa shape index (κ2) is 9.39. The van der Waals surface area contributed by atoms with Gasteiger partial charge in [0, 0.05) is 0 Å². The molecule has 0 radical (unpaired) electrons. The van der Waals surface area contributed by atoms with E-state index in [2.05, 4.69) is 10.6 Å². The van der Waals surface area contributed by atoms with E-state index < -0.39 is 79.5 Å². The molecule has 12 nitrogen and oxygen atoms in total. The lowest BCUT2D eigenvalue weighted by Gasteiger charge is -2.46. The fourth-order valence-corrected chi connectivity index (χ4v) is 2.65. The van der Waals surface area contributed by atoms with Crippen molar-refractivity contribution in [2.75, 3.05) is 13.2 Å². The Morgan fingerprint density at radius 3 is 2.22 bits per heavy atom. The third kappa shape index (κ3) is 5.57. The number of hydrogen-bond donors (Lipinski definition) is 8. The smallest absolute Gasteiger partial charge is 0.326 e. The van der Waals surface area contributed by atoms with Crippen molar-refractivity contribution in [1.29, 1.82) is 0 Å². The standard InChI is InChI=1S/C15H26N2O10/c1-6(2)10(13(24)16-7(14(25)26)3-9(20)21)17-15(5-18)12(23)11(22)8(19)4-27-15/h6-8,10-12,17-19,22-23H,3-5H2,1-2H3,(H,16,24)(H,20,21)(H,25,26)/t7-,8+,10-,11+,12-,15+/m0/s1.